The summed E-state index contributed by atoms with van der Waals surface area (Å²) in [6, 6.07) is 0.186. The Morgan fingerprint density at radius 2 is 2.25 bits per heavy atom. The van der Waals surface area contributed by atoms with Crippen LogP contribution in [0.2, 0.25) is 0 Å². The average molecular weight is 227 g/mol. The van der Waals surface area contributed by atoms with E-state index in [1.165, 1.54) is 0 Å². The summed E-state index contributed by atoms with van der Waals surface area (Å²) >= 11 is 0. The molecule has 0 aliphatic carbocycles. The van der Waals surface area contributed by atoms with E-state index in [0.29, 0.717) is 13.1 Å². The van der Waals surface area contributed by atoms with E-state index in [0.717, 1.165) is 0 Å². The van der Waals surface area contributed by atoms with Crippen molar-refractivity contribution >= 4 is 12.1 Å². The molecule has 0 unspecified atom stereocenters. The SMILES string of the molecule is CC(C)(C)OC(=O)N1C[C@@H]2N=C(N)O[C@@H]2C1. The molecule has 0 radical (unpaired) electrons. The first-order chi connectivity index (χ1) is 7.35. The van der Waals surface area contributed by atoms with Gasteiger partial charge in [-0.15, -0.1) is 0 Å². The molecule has 0 saturated carbocycles. The van der Waals surface area contributed by atoms with E-state index in [1.807, 2.05) is 20.8 Å². The molecule has 90 valence electrons. The third-order valence-corrected chi connectivity index (χ3v) is 2.45. The summed E-state index contributed by atoms with van der Waals surface area (Å²) in [5.41, 5.74) is 4.97. The molecule has 0 aromatic rings. The summed E-state index contributed by atoms with van der Waals surface area (Å²) < 4.78 is 10.5. The lowest BCUT2D eigenvalue weighted by Gasteiger charge is -2.24. The van der Waals surface area contributed by atoms with Crippen molar-refractivity contribution in [1.82, 2.24) is 4.90 Å². The maximum atomic E-state index is 11.7. The molecule has 2 aliphatic rings. The number of nitrogens with two attached hydrogens (primary N) is 1. The molecule has 2 atom stereocenters. The van der Waals surface area contributed by atoms with Gasteiger partial charge in [0, 0.05) is 0 Å². The Balaban J connectivity index is 1.93. The molecule has 0 aromatic carbocycles. The van der Waals surface area contributed by atoms with Gasteiger partial charge < -0.3 is 20.1 Å². The van der Waals surface area contributed by atoms with E-state index < -0.39 is 5.60 Å². The third kappa shape index (κ3) is 2.20. The summed E-state index contributed by atoms with van der Waals surface area (Å²) in [7, 11) is 0. The van der Waals surface area contributed by atoms with Crippen LogP contribution in [-0.4, -0.2) is 47.9 Å². The lowest BCUT2D eigenvalue weighted by atomic mass is 10.2. The molecule has 0 aromatic heterocycles. The van der Waals surface area contributed by atoms with Crippen molar-refractivity contribution in [1.29, 1.82) is 0 Å². The molecule has 16 heavy (non-hydrogen) atoms. The number of rotatable bonds is 0. The van der Waals surface area contributed by atoms with Gasteiger partial charge in [-0.3, -0.25) is 0 Å². The van der Waals surface area contributed by atoms with Crippen LogP contribution >= 0.6 is 0 Å². The molecule has 0 spiro atoms. The quantitative estimate of drug-likeness (QED) is 0.646. The summed E-state index contributed by atoms with van der Waals surface area (Å²) in [6.07, 6.45) is -0.424. The fourth-order valence-electron chi connectivity index (χ4n) is 1.82. The predicted molar refractivity (Wildman–Crippen MR) is 58.1 cm³/mol. The highest BCUT2D eigenvalue weighted by atomic mass is 16.6. The largest absolute Gasteiger partial charge is 0.458 e. The van der Waals surface area contributed by atoms with Gasteiger partial charge in [0.2, 0.25) is 0 Å². The molecular weight excluding hydrogens is 210 g/mol. The maximum Gasteiger partial charge on any atom is 0.410 e. The van der Waals surface area contributed by atoms with Crippen LogP contribution in [-0.2, 0) is 9.47 Å². The van der Waals surface area contributed by atoms with Crippen molar-refractivity contribution in [3.8, 4) is 0 Å². The van der Waals surface area contributed by atoms with Crippen molar-refractivity contribution < 1.29 is 14.3 Å². The number of hydrogen-bond acceptors (Lipinski definition) is 5. The van der Waals surface area contributed by atoms with E-state index >= 15 is 0 Å². The summed E-state index contributed by atoms with van der Waals surface area (Å²) in [5.74, 6) is 0. The van der Waals surface area contributed by atoms with Crippen LogP contribution in [0.15, 0.2) is 4.99 Å². The first-order valence-electron chi connectivity index (χ1n) is 5.33. The van der Waals surface area contributed by atoms with Crippen molar-refractivity contribution in [2.75, 3.05) is 13.1 Å². The Hall–Kier alpha value is -1.46. The summed E-state index contributed by atoms with van der Waals surface area (Å²) in [6.45, 7) is 6.53. The highest BCUT2D eigenvalue weighted by Gasteiger charge is 2.42. The molecule has 2 rings (SSSR count). The van der Waals surface area contributed by atoms with Crippen LogP contribution in [0.5, 0.6) is 0 Å². The minimum Gasteiger partial charge on any atom is -0.458 e. The Labute approximate surface area is 94.4 Å². The number of aliphatic imine (C=N–C) groups is 1. The predicted octanol–water partition coefficient (Wildman–Crippen LogP) is 0.319. The molecule has 1 fully saturated rings. The molecule has 6 nitrogen and oxygen atoms in total. The number of ether oxygens (including phenoxy) is 2. The fourth-order valence-corrected chi connectivity index (χ4v) is 1.82. The molecule has 6 heteroatoms. The number of hydrogen-bond donors (Lipinski definition) is 1. The second kappa shape index (κ2) is 3.54. The lowest BCUT2D eigenvalue weighted by Crippen LogP contribution is -2.36. The zero-order valence-corrected chi connectivity index (χ0v) is 9.77. The molecule has 1 amide bonds. The highest BCUT2D eigenvalue weighted by molar-refractivity contribution is 5.75. The van der Waals surface area contributed by atoms with Crippen molar-refractivity contribution in [2.45, 2.75) is 38.5 Å². The van der Waals surface area contributed by atoms with Crippen LogP contribution in [0.4, 0.5) is 4.79 Å². The molecule has 2 N–H and O–H groups in total. The van der Waals surface area contributed by atoms with E-state index in [1.54, 1.807) is 4.90 Å². The van der Waals surface area contributed by atoms with Gasteiger partial charge in [0.1, 0.15) is 17.7 Å². The third-order valence-electron chi connectivity index (χ3n) is 2.45. The normalized spacial score (nSPS) is 28.4. The van der Waals surface area contributed by atoms with Crippen molar-refractivity contribution in [3.05, 3.63) is 0 Å². The topological polar surface area (TPSA) is 77.2 Å². The number of carbonyl (C=O) groups is 1. The number of likely N-dealkylation sites (tertiary alicyclic amines) is 1. The molecular formula is C10H17N3O3. The van der Waals surface area contributed by atoms with Gasteiger partial charge >= 0.3 is 6.09 Å². The van der Waals surface area contributed by atoms with E-state index in [4.69, 9.17) is 15.2 Å². The van der Waals surface area contributed by atoms with Crippen LogP contribution in [0.25, 0.3) is 0 Å². The first kappa shape index (κ1) is 11.0. The van der Waals surface area contributed by atoms with Crippen LogP contribution in [0.1, 0.15) is 20.8 Å². The van der Waals surface area contributed by atoms with Gasteiger partial charge in [-0.1, -0.05) is 0 Å². The minimum absolute atomic E-state index is 0.0347. The monoisotopic (exact) mass is 227 g/mol. The van der Waals surface area contributed by atoms with E-state index in [9.17, 15) is 4.79 Å². The van der Waals surface area contributed by atoms with Crippen LogP contribution in [0.3, 0.4) is 0 Å². The first-order valence-corrected chi connectivity index (χ1v) is 5.33. The Kier molecular flexibility index (Phi) is 2.44. The van der Waals surface area contributed by atoms with Gasteiger partial charge in [-0.25, -0.2) is 9.79 Å². The second-order valence-electron chi connectivity index (χ2n) is 5.08. The number of nitrogens with zero attached hydrogens (tertiary/aromatic N) is 2. The highest BCUT2D eigenvalue weighted by Crippen LogP contribution is 2.23. The number of carbonyl (C=O) groups excluding carboxylic acids is 1. The average Bonchev–Trinajstić information content (AvgIpc) is 2.56. The van der Waals surface area contributed by atoms with E-state index in [2.05, 4.69) is 4.99 Å². The summed E-state index contributed by atoms with van der Waals surface area (Å²) in [5, 5.41) is 0. The Morgan fingerprint density at radius 3 is 2.81 bits per heavy atom. The van der Waals surface area contributed by atoms with Gasteiger partial charge in [-0.2, -0.15) is 0 Å². The van der Waals surface area contributed by atoms with Crippen LogP contribution in [0, 0.1) is 0 Å². The maximum absolute atomic E-state index is 11.7. The van der Waals surface area contributed by atoms with Crippen LogP contribution < -0.4 is 5.73 Å². The smallest absolute Gasteiger partial charge is 0.410 e. The van der Waals surface area contributed by atoms with Crippen molar-refractivity contribution in [3.63, 3.8) is 0 Å². The zero-order valence-electron chi connectivity index (χ0n) is 9.77. The minimum atomic E-state index is -0.474. The molecule has 2 aliphatic heterocycles. The van der Waals surface area contributed by atoms with Gasteiger partial charge in [0.05, 0.1) is 13.1 Å². The Bertz CT molecular complexity index is 335. The fraction of sp³-hybridized carbons (Fsp3) is 0.800. The van der Waals surface area contributed by atoms with Gasteiger partial charge in [-0.05, 0) is 20.8 Å². The number of amides is 1. The molecule has 2 heterocycles. The van der Waals surface area contributed by atoms with Crippen molar-refractivity contribution in [2.24, 2.45) is 10.7 Å². The molecule has 0 bridgehead atoms. The summed E-state index contributed by atoms with van der Waals surface area (Å²) in [4.78, 5) is 17.5. The second-order valence-corrected chi connectivity index (χ2v) is 5.08. The lowest BCUT2D eigenvalue weighted by molar-refractivity contribution is 0.0271. The standard InChI is InChI=1S/C10H17N3O3/c1-10(2,3)16-9(14)13-4-6-7(5-13)15-8(11)12-6/h6-7H,4-5H2,1-3H3,(H2,11,12)/t6-,7+/m0/s1. The van der Waals surface area contributed by atoms with Gasteiger partial charge in [0.15, 0.2) is 0 Å². The Morgan fingerprint density at radius 1 is 1.56 bits per heavy atom. The van der Waals surface area contributed by atoms with E-state index in [-0.39, 0.29) is 24.3 Å². The zero-order chi connectivity index (χ0) is 11.9. The molecule has 1 saturated heterocycles. The van der Waals surface area contributed by atoms with Gasteiger partial charge in [0.25, 0.3) is 6.02 Å². The number of fused-ring (bicyclic) bond motifs is 1. The number of amidine groups is 1.